The summed E-state index contributed by atoms with van der Waals surface area (Å²) in [7, 11) is 0. The molecule has 0 atom stereocenters. The molecule has 4 nitrogen and oxygen atoms in total. The number of aromatic nitrogens is 3. The van der Waals surface area contributed by atoms with Gasteiger partial charge in [-0.1, -0.05) is 17.3 Å². The third-order valence-corrected chi connectivity index (χ3v) is 2.63. The smallest absolute Gasteiger partial charge is 0.215 e. The van der Waals surface area contributed by atoms with Gasteiger partial charge in [-0.25, -0.2) is 0 Å². The average Bonchev–Trinajstić information content (AvgIpc) is 2.83. The summed E-state index contributed by atoms with van der Waals surface area (Å²) < 4.78 is 7.33. The van der Waals surface area contributed by atoms with Crippen LogP contribution in [-0.4, -0.2) is 21.6 Å². The highest BCUT2D eigenvalue weighted by atomic mass is 16.5. The molecule has 1 aromatic carbocycles. The van der Waals surface area contributed by atoms with Crippen molar-refractivity contribution in [2.75, 3.05) is 6.61 Å². The van der Waals surface area contributed by atoms with Crippen LogP contribution in [0.3, 0.4) is 0 Å². The highest BCUT2D eigenvalue weighted by Crippen LogP contribution is 2.24. The number of benzene rings is 1. The molecule has 0 spiro atoms. The molecule has 4 heteroatoms. The molecule has 3 rings (SSSR count). The Kier molecular flexibility index (Phi) is 1.74. The number of ether oxygens (including phenoxy) is 1. The van der Waals surface area contributed by atoms with Crippen molar-refractivity contribution in [1.82, 2.24) is 15.0 Å². The van der Waals surface area contributed by atoms with Crippen LogP contribution in [0.15, 0.2) is 29.8 Å². The molecule has 1 aliphatic rings. The van der Waals surface area contributed by atoms with E-state index in [9.17, 15) is 0 Å². The fourth-order valence-electron chi connectivity index (χ4n) is 1.79. The van der Waals surface area contributed by atoms with Crippen molar-refractivity contribution < 1.29 is 4.74 Å². The fourth-order valence-corrected chi connectivity index (χ4v) is 1.79. The summed E-state index contributed by atoms with van der Waals surface area (Å²) in [6.07, 6.45) is 0.976. The molecule has 2 heterocycles. The molecule has 0 fully saturated rings. The van der Waals surface area contributed by atoms with Crippen LogP contribution in [-0.2, 0) is 4.74 Å². The first-order valence-corrected chi connectivity index (χ1v) is 4.99. The first kappa shape index (κ1) is 8.47. The number of nitrogens with zero attached hydrogens (tertiary/aromatic N) is 3. The minimum Gasteiger partial charge on any atom is -0.477 e. The van der Waals surface area contributed by atoms with Crippen molar-refractivity contribution in [3.63, 3.8) is 0 Å². The van der Waals surface area contributed by atoms with E-state index in [1.165, 1.54) is 5.57 Å². The van der Waals surface area contributed by atoms with Crippen molar-refractivity contribution in [3.05, 3.63) is 29.8 Å². The minimum absolute atomic E-state index is 0.745. The van der Waals surface area contributed by atoms with Gasteiger partial charge in [0.25, 0.3) is 0 Å². The van der Waals surface area contributed by atoms with E-state index in [0.29, 0.717) is 0 Å². The van der Waals surface area contributed by atoms with E-state index in [-0.39, 0.29) is 0 Å². The van der Waals surface area contributed by atoms with Crippen LogP contribution in [0.1, 0.15) is 13.3 Å². The minimum atomic E-state index is 0.745. The van der Waals surface area contributed by atoms with Crippen molar-refractivity contribution in [1.29, 1.82) is 0 Å². The van der Waals surface area contributed by atoms with Crippen LogP contribution in [0.2, 0.25) is 0 Å². The van der Waals surface area contributed by atoms with Gasteiger partial charge in [0.1, 0.15) is 5.52 Å². The zero-order valence-electron chi connectivity index (χ0n) is 8.47. The molecule has 1 aliphatic heterocycles. The summed E-state index contributed by atoms with van der Waals surface area (Å²) in [5.74, 6) is 0.837. The zero-order chi connectivity index (χ0) is 10.3. The topological polar surface area (TPSA) is 39.9 Å². The predicted molar refractivity (Wildman–Crippen MR) is 57.0 cm³/mol. The summed E-state index contributed by atoms with van der Waals surface area (Å²) in [5.41, 5.74) is 3.12. The third-order valence-electron chi connectivity index (χ3n) is 2.63. The molecule has 76 valence electrons. The lowest BCUT2D eigenvalue weighted by atomic mass is 10.2. The van der Waals surface area contributed by atoms with Gasteiger partial charge in [0.15, 0.2) is 0 Å². The largest absolute Gasteiger partial charge is 0.477 e. The summed E-state index contributed by atoms with van der Waals surface area (Å²) in [4.78, 5) is 0. The van der Waals surface area contributed by atoms with Gasteiger partial charge >= 0.3 is 0 Å². The maximum Gasteiger partial charge on any atom is 0.215 e. The Morgan fingerprint density at radius 2 is 2.20 bits per heavy atom. The Bertz CT molecular complexity index is 542. The molecule has 2 aromatic rings. The number of fused-ring (bicyclic) bond motifs is 1. The Balaban J connectivity index is 2.23. The quantitative estimate of drug-likeness (QED) is 0.708. The molecule has 0 aliphatic carbocycles. The van der Waals surface area contributed by atoms with E-state index in [1.807, 2.05) is 24.3 Å². The second-order valence-corrected chi connectivity index (χ2v) is 3.67. The van der Waals surface area contributed by atoms with Gasteiger partial charge in [-0.3, -0.25) is 0 Å². The fraction of sp³-hybridized carbons (Fsp3) is 0.273. The lowest BCUT2D eigenvalue weighted by Gasteiger charge is -2.04. The number of hydrogen-bond acceptors (Lipinski definition) is 3. The highest BCUT2D eigenvalue weighted by Gasteiger charge is 2.17. The Hall–Kier alpha value is -1.84. The van der Waals surface area contributed by atoms with Crippen LogP contribution in [0, 0.1) is 0 Å². The molecule has 0 saturated carbocycles. The van der Waals surface area contributed by atoms with Crippen LogP contribution in [0.4, 0.5) is 0 Å². The maximum atomic E-state index is 5.56. The summed E-state index contributed by atoms with van der Waals surface area (Å²) in [6, 6.07) is 7.88. The van der Waals surface area contributed by atoms with Crippen LogP contribution in [0.25, 0.3) is 16.9 Å². The number of hydrogen-bond donors (Lipinski definition) is 0. The maximum absolute atomic E-state index is 5.56. The second-order valence-electron chi connectivity index (χ2n) is 3.67. The number of para-hydroxylation sites is 1. The molecule has 0 saturated heterocycles. The van der Waals surface area contributed by atoms with Crippen molar-refractivity contribution in [2.45, 2.75) is 13.3 Å². The Labute approximate surface area is 87.2 Å². The molecule has 0 radical (unpaired) electrons. The van der Waals surface area contributed by atoms with E-state index >= 15 is 0 Å². The van der Waals surface area contributed by atoms with Gasteiger partial charge in [0, 0.05) is 6.42 Å². The summed E-state index contributed by atoms with van der Waals surface area (Å²) in [5, 5.41) is 8.21. The molecule has 15 heavy (non-hydrogen) atoms. The lowest BCUT2D eigenvalue weighted by molar-refractivity contribution is 0.284. The van der Waals surface area contributed by atoms with E-state index in [0.717, 1.165) is 29.9 Å². The van der Waals surface area contributed by atoms with E-state index in [2.05, 4.69) is 17.2 Å². The van der Waals surface area contributed by atoms with E-state index in [4.69, 9.17) is 4.74 Å². The first-order chi connectivity index (χ1) is 7.36. The number of rotatable bonds is 1. The summed E-state index contributed by atoms with van der Waals surface area (Å²) >= 11 is 0. The van der Waals surface area contributed by atoms with Crippen LogP contribution >= 0.6 is 0 Å². The molecule has 0 amide bonds. The third kappa shape index (κ3) is 1.21. The normalized spacial score (nSPS) is 16.1. The Morgan fingerprint density at radius 1 is 1.33 bits per heavy atom. The standard InChI is InChI=1S/C11H11N3O/c1-8-6-7-15-11(8)14-10-5-3-2-4-9(10)12-13-14/h2-5H,6-7H2,1H3. The predicted octanol–water partition coefficient (Wildman–Crippen LogP) is 2.04. The van der Waals surface area contributed by atoms with Crippen LogP contribution in [0.5, 0.6) is 0 Å². The average molecular weight is 201 g/mol. The highest BCUT2D eigenvalue weighted by molar-refractivity contribution is 5.77. The lowest BCUT2D eigenvalue weighted by Crippen LogP contribution is -2.00. The van der Waals surface area contributed by atoms with E-state index in [1.54, 1.807) is 4.68 Å². The van der Waals surface area contributed by atoms with Gasteiger partial charge in [-0.15, -0.1) is 5.10 Å². The molecular formula is C11H11N3O. The molecule has 0 bridgehead atoms. The van der Waals surface area contributed by atoms with Gasteiger partial charge in [-0.2, -0.15) is 4.68 Å². The van der Waals surface area contributed by atoms with Gasteiger partial charge in [-0.05, 0) is 24.6 Å². The van der Waals surface area contributed by atoms with Crippen LogP contribution < -0.4 is 0 Å². The monoisotopic (exact) mass is 201 g/mol. The molecular weight excluding hydrogens is 190 g/mol. The van der Waals surface area contributed by atoms with Gasteiger partial charge in [0.2, 0.25) is 5.88 Å². The Morgan fingerprint density at radius 3 is 3.00 bits per heavy atom. The SMILES string of the molecule is CC1=C(n2nnc3ccccc32)OCC1. The molecule has 0 N–H and O–H groups in total. The van der Waals surface area contributed by atoms with Gasteiger partial charge < -0.3 is 4.74 Å². The second kappa shape index (κ2) is 3.08. The van der Waals surface area contributed by atoms with Gasteiger partial charge in [0.05, 0.1) is 12.1 Å². The van der Waals surface area contributed by atoms with Crippen molar-refractivity contribution in [2.24, 2.45) is 0 Å². The first-order valence-electron chi connectivity index (χ1n) is 4.99. The van der Waals surface area contributed by atoms with Crippen molar-refractivity contribution >= 4 is 16.9 Å². The zero-order valence-corrected chi connectivity index (χ0v) is 8.47. The van der Waals surface area contributed by atoms with E-state index < -0.39 is 0 Å². The van der Waals surface area contributed by atoms with Crippen molar-refractivity contribution in [3.8, 4) is 0 Å². The molecule has 0 unspecified atom stereocenters. The summed E-state index contributed by atoms with van der Waals surface area (Å²) in [6.45, 7) is 2.81. The molecule has 1 aromatic heterocycles.